The van der Waals surface area contributed by atoms with E-state index in [0.717, 1.165) is 11.3 Å². The molecule has 0 atom stereocenters. The van der Waals surface area contributed by atoms with Crippen molar-refractivity contribution in [1.82, 2.24) is 9.55 Å². The molecular weight excluding hydrogens is 520 g/mol. The highest BCUT2D eigenvalue weighted by Crippen LogP contribution is 2.33. The first kappa shape index (κ1) is 25.9. The van der Waals surface area contributed by atoms with Gasteiger partial charge in [0.15, 0.2) is 12.4 Å². The van der Waals surface area contributed by atoms with Crippen LogP contribution in [0.25, 0.3) is 10.2 Å². The smallest absolute Gasteiger partial charge is 0.266 e. The van der Waals surface area contributed by atoms with Gasteiger partial charge in [-0.25, -0.2) is 4.98 Å². The number of carbonyl (C=O) groups is 3. The number of hydrogen-bond acceptors (Lipinski definition) is 8. The molecule has 1 N–H and O–H groups in total. The van der Waals surface area contributed by atoms with Gasteiger partial charge < -0.3 is 19.7 Å². The van der Waals surface area contributed by atoms with Crippen molar-refractivity contribution >= 4 is 50.5 Å². The van der Waals surface area contributed by atoms with Crippen molar-refractivity contribution in [3.8, 4) is 11.5 Å². The molecule has 1 aliphatic rings. The number of ketones is 1. The van der Waals surface area contributed by atoms with Crippen molar-refractivity contribution in [1.29, 1.82) is 0 Å². The van der Waals surface area contributed by atoms with Crippen molar-refractivity contribution in [3.63, 3.8) is 0 Å². The number of anilines is 2. The minimum absolute atomic E-state index is 0.0892. The van der Waals surface area contributed by atoms with Crippen LogP contribution in [0.2, 0.25) is 0 Å². The van der Waals surface area contributed by atoms with Gasteiger partial charge in [-0.3, -0.25) is 23.7 Å². The molecule has 0 fully saturated rings. The summed E-state index contributed by atoms with van der Waals surface area (Å²) in [5.74, 6) is 0.0170. The molecule has 0 radical (unpaired) electrons. The number of ether oxygens (including phenoxy) is 2. The van der Waals surface area contributed by atoms with Gasteiger partial charge in [0.25, 0.3) is 17.4 Å². The number of hydrogen-bond donors (Lipinski definition) is 1. The van der Waals surface area contributed by atoms with Gasteiger partial charge in [-0.1, -0.05) is 18.2 Å². The highest BCUT2D eigenvalue weighted by molar-refractivity contribution is 7.20. The Hall–Kier alpha value is -4.77. The van der Waals surface area contributed by atoms with E-state index in [-0.39, 0.29) is 36.8 Å². The van der Waals surface area contributed by atoms with Crippen LogP contribution in [0.3, 0.4) is 0 Å². The third-order valence-electron chi connectivity index (χ3n) is 6.33. The van der Waals surface area contributed by atoms with Gasteiger partial charge in [-0.2, -0.15) is 0 Å². The summed E-state index contributed by atoms with van der Waals surface area (Å²) in [6, 6.07) is 11.8. The zero-order valence-corrected chi connectivity index (χ0v) is 22.0. The summed E-state index contributed by atoms with van der Waals surface area (Å²) in [4.78, 5) is 58.5. The molecule has 0 spiro atoms. The van der Waals surface area contributed by atoms with Crippen LogP contribution in [0, 0.1) is 6.92 Å². The summed E-state index contributed by atoms with van der Waals surface area (Å²) < 4.78 is 12.0. The molecule has 2 amide bonds. The van der Waals surface area contributed by atoms with Gasteiger partial charge >= 0.3 is 0 Å². The normalized spacial score (nSPS) is 12.6. The zero-order valence-electron chi connectivity index (χ0n) is 21.2. The lowest BCUT2D eigenvalue weighted by Crippen LogP contribution is -2.39. The largest absolute Gasteiger partial charge is 0.495 e. The van der Waals surface area contributed by atoms with Crippen LogP contribution in [0.5, 0.6) is 11.5 Å². The Kier molecular flexibility index (Phi) is 6.99. The van der Waals surface area contributed by atoms with Gasteiger partial charge in [0.1, 0.15) is 16.3 Å². The lowest BCUT2D eigenvalue weighted by atomic mass is 10.1. The number of fused-ring (bicyclic) bond motifs is 2. The van der Waals surface area contributed by atoms with E-state index >= 15 is 0 Å². The SMILES string of the molecule is C=CCN1C(=O)COc2ccc(C(=O)Cn3cnc4sc(C(=O)Nc5ccccc5OC)c(C)c4c3=O)cc21. The standard InChI is InChI=1S/C28H24N4O6S/c1-4-11-32-19-12-17(9-10-22(19)38-14-23(32)34)20(33)13-31-15-29-27-24(28(31)36)16(2)25(39-27)26(35)30-18-7-5-6-8-21(18)37-3/h4-10,12,15H,1,11,13-14H2,2-3H3,(H,30,35). The summed E-state index contributed by atoms with van der Waals surface area (Å²) in [5, 5.41) is 3.10. The monoisotopic (exact) mass is 544 g/mol. The Morgan fingerprint density at radius 1 is 1.23 bits per heavy atom. The van der Waals surface area contributed by atoms with Crippen molar-refractivity contribution in [2.45, 2.75) is 13.5 Å². The molecule has 1 aliphatic heterocycles. The number of aromatic nitrogens is 2. The number of benzene rings is 2. The Morgan fingerprint density at radius 2 is 2.03 bits per heavy atom. The highest BCUT2D eigenvalue weighted by Gasteiger charge is 2.26. The maximum atomic E-state index is 13.4. The average Bonchev–Trinajstić information content (AvgIpc) is 3.28. The Balaban J connectivity index is 1.42. The zero-order chi connectivity index (χ0) is 27.7. The molecule has 0 bridgehead atoms. The minimum atomic E-state index is -0.428. The van der Waals surface area contributed by atoms with Crippen LogP contribution in [-0.2, 0) is 11.3 Å². The van der Waals surface area contributed by atoms with E-state index in [1.807, 2.05) is 0 Å². The summed E-state index contributed by atoms with van der Waals surface area (Å²) in [6.07, 6.45) is 2.89. The van der Waals surface area contributed by atoms with Crippen LogP contribution < -0.4 is 25.2 Å². The molecule has 39 heavy (non-hydrogen) atoms. The molecule has 2 aromatic heterocycles. The van der Waals surface area contributed by atoms with Crippen molar-refractivity contribution in [2.75, 3.05) is 30.5 Å². The minimum Gasteiger partial charge on any atom is -0.495 e. The first-order valence-electron chi connectivity index (χ1n) is 12.0. The molecule has 0 aliphatic carbocycles. The van der Waals surface area contributed by atoms with Gasteiger partial charge in [-0.15, -0.1) is 17.9 Å². The van der Waals surface area contributed by atoms with Crippen molar-refractivity contribution in [2.24, 2.45) is 0 Å². The fourth-order valence-corrected chi connectivity index (χ4v) is 5.40. The number of methoxy groups -OCH3 is 1. The van der Waals surface area contributed by atoms with E-state index in [9.17, 15) is 19.2 Å². The van der Waals surface area contributed by atoms with Crippen LogP contribution in [0.15, 0.2) is 66.2 Å². The second-order valence-electron chi connectivity index (χ2n) is 8.76. The quantitative estimate of drug-likeness (QED) is 0.265. The van der Waals surface area contributed by atoms with E-state index < -0.39 is 11.5 Å². The molecular formula is C28H24N4O6S. The number of Topliss-reactive ketones (excluding diaryl/α,β-unsaturated/α-hetero) is 1. The number of nitrogens with one attached hydrogen (secondary N) is 1. The predicted molar refractivity (Wildman–Crippen MR) is 148 cm³/mol. The maximum Gasteiger partial charge on any atom is 0.266 e. The van der Waals surface area contributed by atoms with Crippen molar-refractivity contribution < 1.29 is 23.9 Å². The number of thiophene rings is 1. The van der Waals surface area contributed by atoms with Gasteiger partial charge in [-0.05, 0) is 42.8 Å². The van der Waals surface area contributed by atoms with Crippen LogP contribution in [0.1, 0.15) is 25.6 Å². The Bertz CT molecular complexity index is 1710. The fourth-order valence-electron chi connectivity index (χ4n) is 4.37. The number of amides is 2. The highest BCUT2D eigenvalue weighted by atomic mass is 32.1. The topological polar surface area (TPSA) is 120 Å². The van der Waals surface area contributed by atoms with E-state index in [1.165, 1.54) is 22.9 Å². The maximum absolute atomic E-state index is 13.4. The van der Waals surface area contributed by atoms with E-state index in [0.29, 0.717) is 43.7 Å². The number of rotatable bonds is 8. The van der Waals surface area contributed by atoms with E-state index in [4.69, 9.17) is 9.47 Å². The fraction of sp³-hybridized carbons (Fsp3) is 0.179. The van der Waals surface area contributed by atoms with Gasteiger partial charge in [0.2, 0.25) is 0 Å². The summed E-state index contributed by atoms with van der Waals surface area (Å²) in [7, 11) is 1.51. The van der Waals surface area contributed by atoms with E-state index in [1.54, 1.807) is 55.5 Å². The molecule has 5 rings (SSSR count). The number of nitrogens with zero attached hydrogens (tertiary/aromatic N) is 3. The second-order valence-corrected chi connectivity index (χ2v) is 9.75. The second kappa shape index (κ2) is 10.5. The molecule has 4 aromatic rings. The molecule has 2 aromatic carbocycles. The summed E-state index contributed by atoms with van der Waals surface area (Å²) in [5.41, 5.74) is 1.33. The first-order chi connectivity index (χ1) is 18.8. The summed E-state index contributed by atoms with van der Waals surface area (Å²) in [6.45, 7) is 5.28. The first-order valence-corrected chi connectivity index (χ1v) is 12.8. The number of carbonyl (C=O) groups excluding carboxylic acids is 3. The third kappa shape index (κ3) is 4.79. The van der Waals surface area contributed by atoms with Gasteiger partial charge in [0.05, 0.1) is 41.6 Å². The molecule has 0 saturated carbocycles. The van der Waals surface area contributed by atoms with E-state index in [2.05, 4.69) is 16.9 Å². The van der Waals surface area contributed by atoms with Crippen LogP contribution in [-0.4, -0.2) is 47.4 Å². The molecule has 0 unspecified atom stereocenters. The summed E-state index contributed by atoms with van der Waals surface area (Å²) >= 11 is 1.10. The Labute approximate surface area is 227 Å². The molecule has 11 heteroatoms. The number of para-hydroxylation sites is 2. The molecule has 3 heterocycles. The molecule has 10 nitrogen and oxygen atoms in total. The van der Waals surface area contributed by atoms with Crippen LogP contribution in [0.4, 0.5) is 11.4 Å². The Morgan fingerprint density at radius 3 is 2.79 bits per heavy atom. The van der Waals surface area contributed by atoms with Crippen LogP contribution >= 0.6 is 11.3 Å². The average molecular weight is 545 g/mol. The third-order valence-corrected chi connectivity index (χ3v) is 7.53. The lowest BCUT2D eigenvalue weighted by Gasteiger charge is -2.28. The number of aryl methyl sites for hydroxylation is 1. The van der Waals surface area contributed by atoms with Gasteiger partial charge in [0, 0.05) is 12.1 Å². The lowest BCUT2D eigenvalue weighted by molar-refractivity contribution is -0.121. The van der Waals surface area contributed by atoms with Crippen molar-refractivity contribution in [3.05, 3.63) is 87.8 Å². The molecule has 0 saturated heterocycles. The molecule has 198 valence electrons. The predicted octanol–water partition coefficient (Wildman–Crippen LogP) is 3.82.